The number of sulfone groups is 1. The van der Waals surface area contributed by atoms with Crippen molar-refractivity contribution >= 4 is 15.7 Å². The van der Waals surface area contributed by atoms with Gasteiger partial charge in [-0.2, -0.15) is 0 Å². The smallest absolute Gasteiger partial charge is 0.316 e. The number of aromatic nitrogens is 2. The van der Waals surface area contributed by atoms with E-state index in [0.717, 1.165) is 5.69 Å². The lowest BCUT2D eigenvalue weighted by Crippen LogP contribution is -2.69. The molecule has 1 aromatic heterocycles. The van der Waals surface area contributed by atoms with Gasteiger partial charge in [0.05, 0.1) is 24.9 Å². The summed E-state index contributed by atoms with van der Waals surface area (Å²) in [6, 6.07) is 2.04. The molecule has 0 N–H and O–H groups in total. The van der Waals surface area contributed by atoms with Crippen LogP contribution in [0.2, 0.25) is 0 Å². The molecular weight excluding hydrogens is 358 g/mol. The molecule has 3 saturated heterocycles. The van der Waals surface area contributed by atoms with Crippen LogP contribution in [0.3, 0.4) is 0 Å². The molecule has 4 heterocycles. The van der Waals surface area contributed by atoms with Crippen LogP contribution in [0.1, 0.15) is 18.5 Å². The molecular formula is C17H23N3O5S. The lowest BCUT2D eigenvalue weighted by atomic mass is 9.83. The number of likely N-dealkylation sites (tertiary alicyclic amines) is 1. The number of hydrogen-bond donors (Lipinski definition) is 0. The number of rotatable bonds is 4. The van der Waals surface area contributed by atoms with Crippen molar-refractivity contribution in [1.29, 1.82) is 0 Å². The third kappa shape index (κ3) is 2.87. The Morgan fingerprint density at radius 1 is 1.42 bits per heavy atom. The van der Waals surface area contributed by atoms with Crippen molar-refractivity contribution in [2.45, 2.75) is 24.5 Å². The van der Waals surface area contributed by atoms with Gasteiger partial charge in [-0.3, -0.25) is 4.79 Å². The van der Waals surface area contributed by atoms with Gasteiger partial charge in [0.25, 0.3) is 0 Å². The summed E-state index contributed by atoms with van der Waals surface area (Å²) in [6.07, 6.45) is 2.88. The van der Waals surface area contributed by atoms with E-state index in [1.807, 2.05) is 6.92 Å². The highest BCUT2D eigenvalue weighted by molar-refractivity contribution is 7.93. The van der Waals surface area contributed by atoms with E-state index in [4.69, 9.17) is 9.47 Å². The van der Waals surface area contributed by atoms with Gasteiger partial charge in [0, 0.05) is 37.5 Å². The summed E-state index contributed by atoms with van der Waals surface area (Å²) in [7, 11) is -3.25. The standard InChI is InChI=1S/C17H23N3O5S/c1-12-2-5-18-16(19-12)25-9-14-4-7-26(22,23)17(14)10-20(11-17)15(21)13-3-6-24-8-13/h2,5,13-14H,3-4,6-11H2,1H3/t13-,14+/m1/s1. The van der Waals surface area contributed by atoms with Crippen LogP contribution in [0.5, 0.6) is 6.01 Å². The molecule has 0 saturated carbocycles. The molecule has 2 atom stereocenters. The van der Waals surface area contributed by atoms with Crippen LogP contribution in [-0.2, 0) is 19.4 Å². The normalized spacial score (nSPS) is 28.9. The maximum Gasteiger partial charge on any atom is 0.316 e. The first kappa shape index (κ1) is 17.7. The summed E-state index contributed by atoms with van der Waals surface area (Å²) in [5.41, 5.74) is 0.794. The fourth-order valence-corrected chi connectivity index (χ4v) is 6.52. The molecule has 0 unspecified atom stereocenters. The van der Waals surface area contributed by atoms with Gasteiger partial charge in [0.1, 0.15) is 4.75 Å². The van der Waals surface area contributed by atoms with E-state index in [1.54, 1.807) is 17.2 Å². The summed E-state index contributed by atoms with van der Waals surface area (Å²) >= 11 is 0. The number of hydrogen-bond acceptors (Lipinski definition) is 7. The van der Waals surface area contributed by atoms with Gasteiger partial charge >= 0.3 is 6.01 Å². The number of carbonyl (C=O) groups excluding carboxylic acids is 1. The maximum atomic E-state index is 12.7. The van der Waals surface area contributed by atoms with Gasteiger partial charge in [-0.25, -0.2) is 18.4 Å². The second-order valence-electron chi connectivity index (χ2n) is 7.42. The molecule has 1 amide bonds. The summed E-state index contributed by atoms with van der Waals surface area (Å²) in [4.78, 5) is 22.4. The minimum absolute atomic E-state index is 0.0110. The highest BCUT2D eigenvalue weighted by Gasteiger charge is 2.63. The summed E-state index contributed by atoms with van der Waals surface area (Å²) in [5, 5.41) is 0. The van der Waals surface area contributed by atoms with E-state index in [2.05, 4.69) is 9.97 Å². The Bertz CT molecular complexity index is 800. The molecule has 0 radical (unpaired) electrons. The van der Waals surface area contributed by atoms with Crippen LogP contribution in [0.15, 0.2) is 12.3 Å². The number of carbonyl (C=O) groups is 1. The van der Waals surface area contributed by atoms with E-state index in [0.29, 0.717) is 26.1 Å². The van der Waals surface area contributed by atoms with Crippen molar-refractivity contribution in [2.24, 2.45) is 11.8 Å². The van der Waals surface area contributed by atoms with Crippen LogP contribution < -0.4 is 4.74 Å². The molecule has 142 valence electrons. The van der Waals surface area contributed by atoms with E-state index in [9.17, 15) is 13.2 Å². The number of ether oxygens (including phenoxy) is 2. The van der Waals surface area contributed by atoms with E-state index in [-0.39, 0.29) is 49.2 Å². The predicted molar refractivity (Wildman–Crippen MR) is 92.4 cm³/mol. The Kier molecular flexibility index (Phi) is 4.38. The molecule has 3 fully saturated rings. The summed E-state index contributed by atoms with van der Waals surface area (Å²) in [5.74, 6) is -0.131. The fourth-order valence-electron chi connectivity index (χ4n) is 4.12. The first-order chi connectivity index (χ1) is 12.4. The maximum absolute atomic E-state index is 12.7. The molecule has 1 spiro atoms. The Morgan fingerprint density at radius 2 is 2.23 bits per heavy atom. The molecule has 9 heteroatoms. The van der Waals surface area contributed by atoms with Gasteiger partial charge in [-0.1, -0.05) is 0 Å². The number of amides is 1. The van der Waals surface area contributed by atoms with Gasteiger partial charge in [-0.15, -0.1) is 0 Å². The van der Waals surface area contributed by atoms with E-state index >= 15 is 0 Å². The molecule has 26 heavy (non-hydrogen) atoms. The van der Waals surface area contributed by atoms with Crippen LogP contribution in [0.4, 0.5) is 0 Å². The summed E-state index contributed by atoms with van der Waals surface area (Å²) in [6.45, 7) is 3.64. The van der Waals surface area contributed by atoms with Gasteiger partial charge in [0.2, 0.25) is 5.91 Å². The molecule has 1 aromatic rings. The highest BCUT2D eigenvalue weighted by atomic mass is 32.2. The first-order valence-electron chi connectivity index (χ1n) is 8.92. The zero-order valence-corrected chi connectivity index (χ0v) is 15.6. The average molecular weight is 381 g/mol. The van der Waals surface area contributed by atoms with Crippen molar-refractivity contribution in [3.05, 3.63) is 18.0 Å². The predicted octanol–water partition coefficient (Wildman–Crippen LogP) is 0.216. The first-order valence-corrected chi connectivity index (χ1v) is 10.6. The van der Waals surface area contributed by atoms with Crippen molar-refractivity contribution < 1.29 is 22.7 Å². The largest absolute Gasteiger partial charge is 0.463 e. The van der Waals surface area contributed by atoms with Gasteiger partial charge in [0.15, 0.2) is 9.84 Å². The van der Waals surface area contributed by atoms with Crippen molar-refractivity contribution in [1.82, 2.24) is 14.9 Å². The lowest BCUT2D eigenvalue weighted by molar-refractivity contribution is -0.142. The SMILES string of the molecule is Cc1ccnc(OC[C@@H]2CCS(=O)(=O)C23CN(C(=O)[C@@H]2CCOC2)C3)n1. The lowest BCUT2D eigenvalue weighted by Gasteiger charge is -2.50. The van der Waals surface area contributed by atoms with Gasteiger partial charge in [-0.05, 0) is 25.8 Å². The molecule has 0 aliphatic carbocycles. The molecule has 0 bridgehead atoms. The monoisotopic (exact) mass is 381 g/mol. The van der Waals surface area contributed by atoms with E-state index in [1.165, 1.54) is 0 Å². The second kappa shape index (κ2) is 6.45. The number of nitrogens with zero attached hydrogens (tertiary/aromatic N) is 3. The topological polar surface area (TPSA) is 98.7 Å². The van der Waals surface area contributed by atoms with Crippen molar-refractivity contribution in [3.63, 3.8) is 0 Å². The quantitative estimate of drug-likeness (QED) is 0.735. The highest BCUT2D eigenvalue weighted by Crippen LogP contribution is 2.45. The average Bonchev–Trinajstić information content (AvgIpc) is 3.17. The molecule has 0 aromatic carbocycles. The van der Waals surface area contributed by atoms with Crippen LogP contribution in [0, 0.1) is 18.8 Å². The third-order valence-corrected chi connectivity index (χ3v) is 8.40. The van der Waals surface area contributed by atoms with E-state index < -0.39 is 14.6 Å². The Hall–Kier alpha value is -1.74. The van der Waals surface area contributed by atoms with Crippen LogP contribution >= 0.6 is 0 Å². The molecule has 3 aliphatic rings. The Morgan fingerprint density at radius 3 is 2.92 bits per heavy atom. The number of aryl methyl sites for hydroxylation is 1. The van der Waals surface area contributed by atoms with Crippen molar-refractivity contribution in [3.8, 4) is 6.01 Å². The van der Waals surface area contributed by atoms with Crippen molar-refractivity contribution in [2.75, 3.05) is 38.7 Å². The zero-order chi connectivity index (χ0) is 18.4. The Balaban J connectivity index is 1.44. The minimum atomic E-state index is -3.25. The van der Waals surface area contributed by atoms with Crippen LogP contribution in [0.25, 0.3) is 0 Å². The minimum Gasteiger partial charge on any atom is -0.463 e. The zero-order valence-electron chi connectivity index (χ0n) is 14.8. The molecule has 3 aliphatic heterocycles. The summed E-state index contributed by atoms with van der Waals surface area (Å²) < 4.78 is 35.4. The van der Waals surface area contributed by atoms with Gasteiger partial charge < -0.3 is 14.4 Å². The molecule has 8 nitrogen and oxygen atoms in total. The van der Waals surface area contributed by atoms with Crippen LogP contribution in [-0.4, -0.2) is 72.6 Å². The molecule has 4 rings (SSSR count). The fraction of sp³-hybridized carbons (Fsp3) is 0.706. The Labute approximate surface area is 152 Å². The third-order valence-electron chi connectivity index (χ3n) is 5.79. The second-order valence-corrected chi connectivity index (χ2v) is 9.87.